The Bertz CT molecular complexity index is 532. The number of ether oxygens (including phenoxy) is 1. The van der Waals surface area contributed by atoms with Crippen LogP contribution in [0.2, 0.25) is 0 Å². The summed E-state index contributed by atoms with van der Waals surface area (Å²) in [6, 6.07) is 5.87. The molecule has 2 aliphatic heterocycles. The number of benzene rings is 1. The first kappa shape index (κ1) is 14.2. The number of fused-ring (bicyclic) bond motifs is 1. The van der Waals surface area contributed by atoms with Crippen LogP contribution in [-0.2, 0) is 0 Å². The van der Waals surface area contributed by atoms with Gasteiger partial charge in [-0.2, -0.15) is 0 Å². The summed E-state index contributed by atoms with van der Waals surface area (Å²) < 4.78 is 5.31. The van der Waals surface area contributed by atoms with Gasteiger partial charge in [-0.25, -0.2) is 0 Å². The van der Waals surface area contributed by atoms with E-state index in [2.05, 4.69) is 4.90 Å². The summed E-state index contributed by atoms with van der Waals surface area (Å²) in [5.74, 6) is 0.557. The average molecular weight is 289 g/mol. The van der Waals surface area contributed by atoms with E-state index in [1.807, 2.05) is 11.0 Å². The summed E-state index contributed by atoms with van der Waals surface area (Å²) >= 11 is 0. The van der Waals surface area contributed by atoms with Gasteiger partial charge in [0.05, 0.1) is 7.11 Å². The summed E-state index contributed by atoms with van der Waals surface area (Å²) in [7, 11) is 1.57. The largest absolute Gasteiger partial charge is 0.496 e. The van der Waals surface area contributed by atoms with Crippen LogP contribution < -0.4 is 10.5 Å². The summed E-state index contributed by atoms with van der Waals surface area (Å²) in [4.78, 5) is 17.3. The molecule has 3 rings (SSSR count). The summed E-state index contributed by atoms with van der Waals surface area (Å²) in [6.07, 6.45) is 3.73. The molecule has 21 heavy (non-hydrogen) atoms. The molecule has 2 fully saturated rings. The number of anilines is 1. The van der Waals surface area contributed by atoms with Gasteiger partial charge in [0.15, 0.2) is 0 Å². The van der Waals surface area contributed by atoms with Crippen LogP contribution in [0.15, 0.2) is 18.2 Å². The highest BCUT2D eigenvalue weighted by molar-refractivity contribution is 6.02. The lowest BCUT2D eigenvalue weighted by Gasteiger charge is -2.44. The Hall–Kier alpha value is -1.75. The lowest BCUT2D eigenvalue weighted by atomic mass is 9.99. The van der Waals surface area contributed by atoms with Crippen LogP contribution in [0.4, 0.5) is 5.69 Å². The van der Waals surface area contributed by atoms with Crippen molar-refractivity contribution in [3.8, 4) is 5.75 Å². The number of nitrogens with two attached hydrogens (primary N) is 1. The van der Waals surface area contributed by atoms with E-state index in [0.717, 1.165) is 19.6 Å². The topological polar surface area (TPSA) is 58.8 Å². The first-order valence-electron chi connectivity index (χ1n) is 7.66. The number of amides is 1. The van der Waals surface area contributed by atoms with E-state index < -0.39 is 0 Å². The zero-order chi connectivity index (χ0) is 14.8. The highest BCUT2D eigenvalue weighted by atomic mass is 16.5. The van der Waals surface area contributed by atoms with Gasteiger partial charge in [0, 0.05) is 31.4 Å². The molecule has 1 amide bonds. The van der Waals surface area contributed by atoms with Crippen LogP contribution in [-0.4, -0.2) is 55.0 Å². The predicted octanol–water partition coefficient (Wildman–Crippen LogP) is 1.59. The predicted molar refractivity (Wildman–Crippen MR) is 82.5 cm³/mol. The van der Waals surface area contributed by atoms with Gasteiger partial charge in [-0.05, 0) is 31.5 Å². The van der Waals surface area contributed by atoms with Gasteiger partial charge in [0.1, 0.15) is 11.3 Å². The quantitative estimate of drug-likeness (QED) is 0.840. The van der Waals surface area contributed by atoms with Gasteiger partial charge in [-0.1, -0.05) is 12.5 Å². The van der Waals surface area contributed by atoms with Crippen LogP contribution in [0, 0.1) is 0 Å². The fourth-order valence-electron chi connectivity index (χ4n) is 3.45. The van der Waals surface area contributed by atoms with E-state index in [1.165, 1.54) is 25.8 Å². The molecular formula is C16H23N3O2. The van der Waals surface area contributed by atoms with Crippen molar-refractivity contribution in [3.63, 3.8) is 0 Å². The van der Waals surface area contributed by atoms with Gasteiger partial charge in [0.25, 0.3) is 5.91 Å². The number of rotatable bonds is 2. The molecule has 0 bridgehead atoms. The molecular weight excluding hydrogens is 266 g/mol. The molecule has 5 heteroatoms. The standard InChI is InChI=1S/C16H23N3O2/c1-21-14-7-4-6-13(17)15(14)16(20)19-10-9-18-8-3-2-5-12(18)11-19/h4,6-7,12H,2-3,5,8-11,17H2,1H3. The summed E-state index contributed by atoms with van der Waals surface area (Å²) in [5, 5.41) is 0. The van der Waals surface area contributed by atoms with Crippen molar-refractivity contribution < 1.29 is 9.53 Å². The van der Waals surface area contributed by atoms with Crippen LogP contribution in [0.5, 0.6) is 5.75 Å². The van der Waals surface area contributed by atoms with E-state index >= 15 is 0 Å². The molecule has 1 atom stereocenters. The lowest BCUT2D eigenvalue weighted by Crippen LogP contribution is -2.56. The van der Waals surface area contributed by atoms with Gasteiger partial charge < -0.3 is 15.4 Å². The maximum atomic E-state index is 12.8. The Morgan fingerprint density at radius 1 is 1.29 bits per heavy atom. The van der Waals surface area contributed by atoms with Crippen molar-refractivity contribution >= 4 is 11.6 Å². The Balaban J connectivity index is 1.80. The smallest absolute Gasteiger partial charge is 0.259 e. The average Bonchev–Trinajstić information content (AvgIpc) is 2.53. The highest BCUT2D eigenvalue weighted by Gasteiger charge is 2.32. The fraction of sp³-hybridized carbons (Fsp3) is 0.562. The molecule has 0 aromatic heterocycles. The minimum atomic E-state index is -0.00447. The molecule has 1 aromatic rings. The summed E-state index contributed by atoms with van der Waals surface area (Å²) in [6.45, 7) is 3.71. The molecule has 0 spiro atoms. The number of piperidine rings is 1. The Morgan fingerprint density at radius 3 is 2.95 bits per heavy atom. The van der Waals surface area contributed by atoms with Crippen LogP contribution in [0.25, 0.3) is 0 Å². The third-order valence-electron chi connectivity index (χ3n) is 4.62. The zero-order valence-corrected chi connectivity index (χ0v) is 12.5. The van der Waals surface area contributed by atoms with E-state index in [-0.39, 0.29) is 5.91 Å². The number of hydrogen-bond acceptors (Lipinski definition) is 4. The fourth-order valence-corrected chi connectivity index (χ4v) is 3.45. The minimum Gasteiger partial charge on any atom is -0.496 e. The maximum absolute atomic E-state index is 12.8. The molecule has 2 N–H and O–H groups in total. The first-order chi connectivity index (χ1) is 10.2. The summed E-state index contributed by atoms with van der Waals surface area (Å²) in [5.41, 5.74) is 6.99. The molecule has 2 aliphatic rings. The number of methoxy groups -OCH3 is 1. The molecule has 2 heterocycles. The molecule has 0 saturated carbocycles. The Morgan fingerprint density at radius 2 is 2.14 bits per heavy atom. The third-order valence-corrected chi connectivity index (χ3v) is 4.62. The normalized spacial score (nSPS) is 22.7. The number of nitrogens with zero attached hydrogens (tertiary/aromatic N) is 2. The lowest BCUT2D eigenvalue weighted by molar-refractivity contribution is 0.0371. The highest BCUT2D eigenvalue weighted by Crippen LogP contribution is 2.28. The van der Waals surface area contributed by atoms with E-state index in [0.29, 0.717) is 23.0 Å². The number of piperazine rings is 1. The Labute approximate surface area is 125 Å². The second-order valence-corrected chi connectivity index (χ2v) is 5.86. The van der Waals surface area contributed by atoms with Crippen LogP contribution in [0.3, 0.4) is 0 Å². The molecule has 5 nitrogen and oxygen atoms in total. The monoisotopic (exact) mass is 289 g/mol. The van der Waals surface area contributed by atoms with Crippen molar-refractivity contribution in [2.24, 2.45) is 0 Å². The van der Waals surface area contributed by atoms with Gasteiger partial charge in [-0.3, -0.25) is 9.69 Å². The molecule has 0 radical (unpaired) electrons. The van der Waals surface area contributed by atoms with Gasteiger partial charge in [0.2, 0.25) is 0 Å². The zero-order valence-electron chi connectivity index (χ0n) is 12.5. The molecule has 2 saturated heterocycles. The van der Waals surface area contributed by atoms with E-state index in [4.69, 9.17) is 10.5 Å². The second-order valence-electron chi connectivity index (χ2n) is 5.86. The van der Waals surface area contributed by atoms with Crippen molar-refractivity contribution in [1.82, 2.24) is 9.80 Å². The van der Waals surface area contributed by atoms with E-state index in [9.17, 15) is 4.79 Å². The van der Waals surface area contributed by atoms with E-state index in [1.54, 1.807) is 19.2 Å². The maximum Gasteiger partial charge on any atom is 0.259 e. The van der Waals surface area contributed by atoms with Gasteiger partial charge in [-0.15, -0.1) is 0 Å². The van der Waals surface area contributed by atoms with Crippen LogP contribution >= 0.6 is 0 Å². The SMILES string of the molecule is COc1cccc(N)c1C(=O)N1CCN2CCCCC2C1. The minimum absolute atomic E-state index is 0.00447. The number of carbonyl (C=O) groups is 1. The molecule has 1 unspecified atom stereocenters. The number of carbonyl (C=O) groups excluding carboxylic acids is 1. The molecule has 0 aliphatic carbocycles. The molecule has 114 valence electrons. The first-order valence-corrected chi connectivity index (χ1v) is 7.66. The van der Waals surface area contributed by atoms with Crippen molar-refractivity contribution in [2.75, 3.05) is 39.0 Å². The number of nitrogen functional groups attached to an aromatic ring is 1. The van der Waals surface area contributed by atoms with Crippen molar-refractivity contribution in [2.45, 2.75) is 25.3 Å². The van der Waals surface area contributed by atoms with Crippen molar-refractivity contribution in [3.05, 3.63) is 23.8 Å². The molecule has 1 aromatic carbocycles. The number of hydrogen-bond donors (Lipinski definition) is 1. The van der Waals surface area contributed by atoms with Gasteiger partial charge >= 0.3 is 0 Å². The second kappa shape index (κ2) is 5.93. The third kappa shape index (κ3) is 2.70. The van der Waals surface area contributed by atoms with Crippen LogP contribution in [0.1, 0.15) is 29.6 Å². The Kier molecular flexibility index (Phi) is 4.01. The van der Waals surface area contributed by atoms with Crippen molar-refractivity contribution in [1.29, 1.82) is 0 Å².